The van der Waals surface area contributed by atoms with E-state index < -0.39 is 11.7 Å². The van der Waals surface area contributed by atoms with Gasteiger partial charge in [0, 0.05) is 44.0 Å². The summed E-state index contributed by atoms with van der Waals surface area (Å²) in [6.07, 6.45) is 1.33. The molecular formula is C35H36F3N3O3. The molecule has 6 nitrogen and oxygen atoms in total. The molecule has 0 bridgehead atoms. The molecule has 2 unspecified atom stereocenters. The molecule has 2 aliphatic heterocycles. The fourth-order valence-corrected chi connectivity index (χ4v) is 6.47. The first-order chi connectivity index (χ1) is 21.2. The lowest BCUT2D eigenvalue weighted by molar-refractivity contribution is -0.149. The molecule has 0 N–H and O–H groups in total. The minimum Gasteiger partial charge on any atom is -0.482 e. The summed E-state index contributed by atoms with van der Waals surface area (Å²) < 4.78 is 45.7. The average Bonchev–Trinajstić information content (AvgIpc) is 3.03. The molecular weight excluding hydrogens is 567 g/mol. The van der Waals surface area contributed by atoms with Gasteiger partial charge in [-0.25, -0.2) is 0 Å². The van der Waals surface area contributed by atoms with Crippen molar-refractivity contribution in [3.05, 3.63) is 106 Å². The Labute approximate surface area is 255 Å². The van der Waals surface area contributed by atoms with Crippen molar-refractivity contribution in [2.75, 3.05) is 31.1 Å². The van der Waals surface area contributed by atoms with Gasteiger partial charge in [0.15, 0.2) is 5.76 Å². The fraction of sp³-hybridized carbons (Fsp3) is 0.371. The maximum atomic E-state index is 13.7. The lowest BCUT2D eigenvalue weighted by atomic mass is 9.89. The van der Waals surface area contributed by atoms with Crippen LogP contribution in [0.3, 0.4) is 0 Å². The molecule has 2 heterocycles. The number of halogens is 3. The summed E-state index contributed by atoms with van der Waals surface area (Å²) in [7, 11) is 0. The number of rotatable bonds is 5. The number of anilines is 1. The molecule has 3 aromatic carbocycles. The number of benzene rings is 3. The van der Waals surface area contributed by atoms with E-state index in [1.165, 1.54) is 6.07 Å². The number of amides is 2. The van der Waals surface area contributed by atoms with Crippen molar-refractivity contribution in [3.63, 3.8) is 0 Å². The Morgan fingerprint density at radius 1 is 0.932 bits per heavy atom. The third-order valence-electron chi connectivity index (χ3n) is 8.81. The zero-order valence-electron chi connectivity index (χ0n) is 24.7. The Hall–Kier alpha value is -4.27. The predicted octanol–water partition coefficient (Wildman–Crippen LogP) is 6.69. The molecule has 44 heavy (non-hydrogen) atoms. The van der Waals surface area contributed by atoms with E-state index in [4.69, 9.17) is 4.74 Å². The van der Waals surface area contributed by atoms with Crippen LogP contribution in [0.2, 0.25) is 0 Å². The highest BCUT2D eigenvalue weighted by Crippen LogP contribution is 2.35. The SMILES string of the molecule is Cc1cccc(CN2C(=O)/C(=C\c3ccc(C(=O)N4CCN(c5cccc(C(F)(F)F)c5)CC4)cc3)OC3CCCCC32)c1. The second-order valence-corrected chi connectivity index (χ2v) is 11.9. The Bertz CT molecular complexity index is 1540. The number of fused-ring (bicyclic) bond motifs is 1. The highest BCUT2D eigenvalue weighted by molar-refractivity contribution is 5.97. The Kier molecular flexibility index (Phi) is 8.38. The third kappa shape index (κ3) is 6.47. The van der Waals surface area contributed by atoms with Gasteiger partial charge in [-0.15, -0.1) is 0 Å². The van der Waals surface area contributed by atoms with Gasteiger partial charge in [-0.2, -0.15) is 13.2 Å². The lowest BCUT2D eigenvalue weighted by Gasteiger charge is -2.44. The first-order valence-electron chi connectivity index (χ1n) is 15.2. The van der Waals surface area contributed by atoms with Gasteiger partial charge in [-0.1, -0.05) is 54.4 Å². The molecule has 2 saturated heterocycles. The highest BCUT2D eigenvalue weighted by Gasteiger charge is 2.41. The number of ether oxygens (including phenoxy) is 1. The van der Waals surface area contributed by atoms with E-state index >= 15 is 0 Å². The van der Waals surface area contributed by atoms with Crippen LogP contribution < -0.4 is 4.90 Å². The van der Waals surface area contributed by atoms with E-state index in [-0.39, 0.29) is 24.0 Å². The molecule has 3 aliphatic rings. The summed E-state index contributed by atoms with van der Waals surface area (Å²) >= 11 is 0. The standard InChI is InChI=1S/C35H36F3N3O3/c1-24-6-4-7-26(20-24)23-41-30-10-2-3-11-31(30)44-32(34(41)43)21-25-12-14-27(15-13-25)33(42)40-18-16-39(17-19-40)29-9-5-8-28(22-29)35(36,37)38/h4-9,12-15,20-22,30-31H,2-3,10-11,16-19,23H2,1H3/b32-21+. The summed E-state index contributed by atoms with van der Waals surface area (Å²) in [4.78, 5) is 32.5. The van der Waals surface area contributed by atoms with E-state index in [0.29, 0.717) is 49.7 Å². The summed E-state index contributed by atoms with van der Waals surface area (Å²) in [6.45, 7) is 4.28. The maximum absolute atomic E-state index is 13.7. The van der Waals surface area contributed by atoms with Gasteiger partial charge in [0.05, 0.1) is 11.6 Å². The van der Waals surface area contributed by atoms with Crippen molar-refractivity contribution in [3.8, 4) is 0 Å². The lowest BCUT2D eigenvalue weighted by Crippen LogP contribution is -2.54. The number of piperazine rings is 1. The zero-order chi connectivity index (χ0) is 30.8. The monoisotopic (exact) mass is 603 g/mol. The van der Waals surface area contributed by atoms with Crippen molar-refractivity contribution < 1.29 is 27.5 Å². The number of nitrogens with zero attached hydrogens (tertiary/aromatic N) is 3. The third-order valence-corrected chi connectivity index (χ3v) is 8.81. The molecule has 1 aliphatic carbocycles. The molecule has 9 heteroatoms. The first-order valence-corrected chi connectivity index (χ1v) is 15.2. The minimum absolute atomic E-state index is 0.0343. The molecule has 2 amide bonds. The van der Waals surface area contributed by atoms with Crippen LogP contribution in [0.25, 0.3) is 6.08 Å². The van der Waals surface area contributed by atoms with Crippen LogP contribution in [-0.2, 0) is 22.3 Å². The van der Waals surface area contributed by atoms with Crippen LogP contribution in [0.15, 0.2) is 78.6 Å². The molecule has 3 aromatic rings. The van der Waals surface area contributed by atoms with Crippen LogP contribution in [0.5, 0.6) is 0 Å². The van der Waals surface area contributed by atoms with Gasteiger partial charge in [0.25, 0.3) is 11.8 Å². The number of hydrogen-bond acceptors (Lipinski definition) is 4. The van der Waals surface area contributed by atoms with Crippen LogP contribution in [0.4, 0.5) is 18.9 Å². The van der Waals surface area contributed by atoms with Gasteiger partial charge >= 0.3 is 6.18 Å². The van der Waals surface area contributed by atoms with Gasteiger partial charge < -0.3 is 19.4 Å². The molecule has 2 atom stereocenters. The fourth-order valence-electron chi connectivity index (χ4n) is 6.47. The van der Waals surface area contributed by atoms with Crippen LogP contribution >= 0.6 is 0 Å². The van der Waals surface area contributed by atoms with Crippen molar-refractivity contribution in [1.29, 1.82) is 0 Å². The molecule has 6 rings (SSSR count). The van der Waals surface area contributed by atoms with Crippen molar-refractivity contribution in [2.24, 2.45) is 0 Å². The van der Waals surface area contributed by atoms with E-state index in [0.717, 1.165) is 54.5 Å². The normalized spacial score (nSPS) is 21.7. The molecule has 0 spiro atoms. The van der Waals surface area contributed by atoms with E-state index in [1.807, 2.05) is 28.0 Å². The number of hydrogen-bond donors (Lipinski definition) is 0. The summed E-state index contributed by atoms with van der Waals surface area (Å²) in [6, 6.07) is 20.7. The molecule has 0 radical (unpaired) electrons. The van der Waals surface area contributed by atoms with Gasteiger partial charge in [-0.05, 0) is 73.7 Å². The predicted molar refractivity (Wildman–Crippen MR) is 163 cm³/mol. The van der Waals surface area contributed by atoms with Crippen molar-refractivity contribution in [2.45, 2.75) is 57.5 Å². The largest absolute Gasteiger partial charge is 0.482 e. The highest BCUT2D eigenvalue weighted by atomic mass is 19.4. The number of aryl methyl sites for hydroxylation is 1. The van der Waals surface area contributed by atoms with Gasteiger partial charge in [0.1, 0.15) is 6.10 Å². The number of morpholine rings is 1. The van der Waals surface area contributed by atoms with Crippen LogP contribution in [0.1, 0.15) is 58.3 Å². The Morgan fingerprint density at radius 2 is 1.66 bits per heavy atom. The quantitative estimate of drug-likeness (QED) is 0.305. The van der Waals surface area contributed by atoms with Gasteiger partial charge in [-0.3, -0.25) is 9.59 Å². The van der Waals surface area contributed by atoms with E-state index in [1.54, 1.807) is 29.2 Å². The summed E-state index contributed by atoms with van der Waals surface area (Å²) in [5.74, 6) is 0.0753. The van der Waals surface area contributed by atoms with Crippen LogP contribution in [-0.4, -0.2) is 59.9 Å². The number of carbonyl (C=O) groups is 2. The van der Waals surface area contributed by atoms with Crippen molar-refractivity contribution in [1.82, 2.24) is 9.80 Å². The van der Waals surface area contributed by atoms with Gasteiger partial charge in [0.2, 0.25) is 0 Å². The van der Waals surface area contributed by atoms with Crippen LogP contribution in [0, 0.1) is 6.92 Å². The van der Waals surface area contributed by atoms with Crippen molar-refractivity contribution >= 4 is 23.6 Å². The minimum atomic E-state index is -4.40. The molecule has 230 valence electrons. The maximum Gasteiger partial charge on any atom is 0.416 e. The summed E-state index contributed by atoms with van der Waals surface area (Å²) in [5.41, 5.74) is 3.36. The van der Waals surface area contributed by atoms with E-state index in [9.17, 15) is 22.8 Å². The second kappa shape index (κ2) is 12.4. The first kappa shape index (κ1) is 29.8. The zero-order valence-corrected chi connectivity index (χ0v) is 24.7. The number of alkyl halides is 3. The smallest absolute Gasteiger partial charge is 0.416 e. The number of carbonyl (C=O) groups excluding carboxylic acids is 2. The molecule has 1 saturated carbocycles. The molecule has 0 aromatic heterocycles. The van der Waals surface area contributed by atoms with E-state index in [2.05, 4.69) is 25.1 Å². The Morgan fingerprint density at radius 3 is 2.39 bits per heavy atom. The second-order valence-electron chi connectivity index (χ2n) is 11.9. The Balaban J connectivity index is 1.12. The topological polar surface area (TPSA) is 53.1 Å². The summed E-state index contributed by atoms with van der Waals surface area (Å²) in [5, 5.41) is 0. The average molecular weight is 604 g/mol. The molecule has 3 fully saturated rings.